The zero-order valence-corrected chi connectivity index (χ0v) is 7.81. The van der Waals surface area contributed by atoms with E-state index in [-0.39, 0.29) is 0 Å². The van der Waals surface area contributed by atoms with E-state index in [4.69, 9.17) is 0 Å². The van der Waals surface area contributed by atoms with E-state index in [1.165, 1.54) is 10.9 Å². The van der Waals surface area contributed by atoms with Gasteiger partial charge in [0.05, 0.1) is 17.2 Å². The van der Waals surface area contributed by atoms with Gasteiger partial charge in [0.1, 0.15) is 5.82 Å². The number of fused-ring (bicyclic) bond motifs is 3. The average molecular weight is 183 g/mol. The number of para-hydroxylation sites is 1. The lowest BCUT2D eigenvalue weighted by atomic mass is 10.2. The van der Waals surface area contributed by atoms with E-state index < -0.39 is 0 Å². The van der Waals surface area contributed by atoms with Crippen LogP contribution in [0.25, 0.3) is 16.4 Å². The van der Waals surface area contributed by atoms with Crippen LogP contribution in [-0.2, 0) is 0 Å². The quantitative estimate of drug-likeness (QED) is 0.534. The minimum absolute atomic E-state index is 0.920. The zero-order valence-electron chi connectivity index (χ0n) is 7.81. The van der Waals surface area contributed by atoms with Crippen molar-refractivity contribution in [1.29, 1.82) is 0 Å². The molecule has 0 amide bonds. The Morgan fingerprint density at radius 2 is 2.07 bits per heavy atom. The SMILES string of the molecule is Cc1nncc2cc3ccccc3n12. The summed E-state index contributed by atoms with van der Waals surface area (Å²) in [5.74, 6) is 0.920. The lowest BCUT2D eigenvalue weighted by molar-refractivity contribution is 0.897. The van der Waals surface area contributed by atoms with Crippen LogP contribution in [0.15, 0.2) is 36.5 Å². The Morgan fingerprint density at radius 3 is 3.00 bits per heavy atom. The highest BCUT2D eigenvalue weighted by Crippen LogP contribution is 2.19. The van der Waals surface area contributed by atoms with Crippen LogP contribution in [0.5, 0.6) is 0 Å². The van der Waals surface area contributed by atoms with Gasteiger partial charge in [-0.1, -0.05) is 18.2 Å². The number of hydrogen-bond donors (Lipinski definition) is 0. The lowest BCUT2D eigenvalue weighted by Crippen LogP contribution is -1.95. The van der Waals surface area contributed by atoms with Crippen molar-refractivity contribution in [1.82, 2.24) is 14.6 Å². The fourth-order valence-corrected chi connectivity index (χ4v) is 1.85. The van der Waals surface area contributed by atoms with Crippen LogP contribution >= 0.6 is 0 Å². The number of nitrogens with zero attached hydrogens (tertiary/aromatic N) is 3. The smallest absolute Gasteiger partial charge is 0.133 e. The molecule has 68 valence electrons. The molecule has 0 unspecified atom stereocenters. The predicted octanol–water partition coefficient (Wildman–Crippen LogP) is 2.19. The Bertz CT molecular complexity index is 610. The van der Waals surface area contributed by atoms with Gasteiger partial charge in [-0.2, -0.15) is 5.10 Å². The van der Waals surface area contributed by atoms with Crippen molar-refractivity contribution in [2.45, 2.75) is 6.92 Å². The van der Waals surface area contributed by atoms with Crippen molar-refractivity contribution in [2.75, 3.05) is 0 Å². The fraction of sp³-hybridized carbons (Fsp3) is 0.0909. The summed E-state index contributed by atoms with van der Waals surface area (Å²) in [6.45, 7) is 1.96. The van der Waals surface area contributed by atoms with Crippen molar-refractivity contribution < 1.29 is 0 Å². The molecule has 2 heterocycles. The van der Waals surface area contributed by atoms with Crippen molar-refractivity contribution in [3.63, 3.8) is 0 Å². The summed E-state index contributed by atoms with van der Waals surface area (Å²) in [6, 6.07) is 10.4. The molecule has 0 radical (unpaired) electrons. The largest absolute Gasteiger partial charge is 0.295 e. The molecule has 0 atom stereocenters. The maximum Gasteiger partial charge on any atom is 0.133 e. The van der Waals surface area contributed by atoms with Gasteiger partial charge in [-0.15, -0.1) is 5.10 Å². The van der Waals surface area contributed by atoms with Crippen molar-refractivity contribution >= 4 is 16.4 Å². The van der Waals surface area contributed by atoms with Gasteiger partial charge in [0.2, 0.25) is 0 Å². The van der Waals surface area contributed by atoms with E-state index in [1.807, 2.05) is 19.1 Å². The molecule has 1 aromatic carbocycles. The molecular formula is C11H9N3. The minimum Gasteiger partial charge on any atom is -0.295 e. The van der Waals surface area contributed by atoms with Crippen LogP contribution in [-0.4, -0.2) is 14.6 Å². The molecular weight excluding hydrogens is 174 g/mol. The van der Waals surface area contributed by atoms with Gasteiger partial charge in [0.15, 0.2) is 0 Å². The van der Waals surface area contributed by atoms with Gasteiger partial charge in [0, 0.05) is 5.39 Å². The van der Waals surface area contributed by atoms with Gasteiger partial charge in [0.25, 0.3) is 0 Å². The topological polar surface area (TPSA) is 30.2 Å². The van der Waals surface area contributed by atoms with Crippen LogP contribution < -0.4 is 0 Å². The van der Waals surface area contributed by atoms with Gasteiger partial charge in [-0.3, -0.25) is 4.40 Å². The van der Waals surface area contributed by atoms with Crippen molar-refractivity contribution in [3.8, 4) is 0 Å². The van der Waals surface area contributed by atoms with Crippen LogP contribution in [0.1, 0.15) is 5.82 Å². The van der Waals surface area contributed by atoms with Crippen LogP contribution in [0.4, 0.5) is 0 Å². The summed E-state index contributed by atoms with van der Waals surface area (Å²) in [5, 5.41) is 9.21. The van der Waals surface area contributed by atoms with Crippen molar-refractivity contribution in [3.05, 3.63) is 42.4 Å². The maximum atomic E-state index is 4.04. The Hall–Kier alpha value is -1.90. The first-order valence-electron chi connectivity index (χ1n) is 4.55. The molecule has 3 rings (SSSR count). The first-order valence-corrected chi connectivity index (χ1v) is 4.55. The molecule has 0 aliphatic rings. The average Bonchev–Trinajstić information content (AvgIpc) is 2.57. The second-order valence-electron chi connectivity index (χ2n) is 3.36. The number of benzene rings is 1. The Balaban J connectivity index is 2.65. The molecule has 0 N–H and O–H groups in total. The summed E-state index contributed by atoms with van der Waals surface area (Å²) in [6.07, 6.45) is 1.78. The molecule has 0 spiro atoms. The summed E-state index contributed by atoms with van der Waals surface area (Å²) in [5.41, 5.74) is 2.29. The normalized spacial score (nSPS) is 11.2. The van der Waals surface area contributed by atoms with E-state index >= 15 is 0 Å². The molecule has 14 heavy (non-hydrogen) atoms. The first-order chi connectivity index (χ1) is 6.86. The monoisotopic (exact) mass is 183 g/mol. The Morgan fingerprint density at radius 1 is 1.21 bits per heavy atom. The van der Waals surface area contributed by atoms with Crippen molar-refractivity contribution in [2.24, 2.45) is 0 Å². The highest BCUT2D eigenvalue weighted by molar-refractivity contribution is 5.86. The molecule has 0 saturated heterocycles. The second-order valence-corrected chi connectivity index (χ2v) is 3.36. The highest BCUT2D eigenvalue weighted by atomic mass is 15.2. The first kappa shape index (κ1) is 7.50. The molecule has 2 aromatic heterocycles. The molecule has 0 aliphatic heterocycles. The molecule has 3 aromatic rings. The Kier molecular flexibility index (Phi) is 1.36. The second kappa shape index (κ2) is 2.54. The number of hydrogen-bond acceptors (Lipinski definition) is 2. The third-order valence-electron chi connectivity index (χ3n) is 2.46. The van der Waals surface area contributed by atoms with Gasteiger partial charge >= 0.3 is 0 Å². The molecule has 3 nitrogen and oxygen atoms in total. The Labute approximate surface area is 81.0 Å². The van der Waals surface area contributed by atoms with Crippen LogP contribution in [0, 0.1) is 6.92 Å². The number of aromatic nitrogens is 3. The molecule has 0 fully saturated rings. The molecule has 0 bridgehead atoms. The van der Waals surface area contributed by atoms with E-state index in [1.54, 1.807) is 6.20 Å². The molecule has 0 saturated carbocycles. The van der Waals surface area contributed by atoms with E-state index in [2.05, 4.69) is 32.8 Å². The summed E-state index contributed by atoms with van der Waals surface area (Å²) in [7, 11) is 0. The maximum absolute atomic E-state index is 4.04. The fourth-order valence-electron chi connectivity index (χ4n) is 1.85. The zero-order chi connectivity index (χ0) is 9.54. The third-order valence-corrected chi connectivity index (χ3v) is 2.46. The van der Waals surface area contributed by atoms with Gasteiger partial charge < -0.3 is 0 Å². The number of aryl methyl sites for hydroxylation is 1. The highest BCUT2D eigenvalue weighted by Gasteiger charge is 2.03. The minimum atomic E-state index is 0.920. The van der Waals surface area contributed by atoms with Crippen LogP contribution in [0.2, 0.25) is 0 Å². The van der Waals surface area contributed by atoms with Gasteiger partial charge in [-0.05, 0) is 19.1 Å². The summed E-state index contributed by atoms with van der Waals surface area (Å²) < 4.78 is 2.11. The summed E-state index contributed by atoms with van der Waals surface area (Å²) in [4.78, 5) is 0. The van der Waals surface area contributed by atoms with E-state index in [0.717, 1.165) is 11.3 Å². The lowest BCUT2D eigenvalue weighted by Gasteiger charge is -1.98. The van der Waals surface area contributed by atoms with Crippen LogP contribution in [0.3, 0.4) is 0 Å². The van der Waals surface area contributed by atoms with E-state index in [9.17, 15) is 0 Å². The van der Waals surface area contributed by atoms with E-state index in [0.29, 0.717) is 0 Å². The molecule has 3 heteroatoms. The molecule has 0 aliphatic carbocycles. The summed E-state index contributed by atoms with van der Waals surface area (Å²) >= 11 is 0. The third kappa shape index (κ3) is 0.865. The predicted molar refractivity (Wildman–Crippen MR) is 55.2 cm³/mol. The van der Waals surface area contributed by atoms with Gasteiger partial charge in [-0.25, -0.2) is 0 Å². The number of rotatable bonds is 0. The standard InChI is InChI=1S/C11H9N3/c1-8-13-12-7-10-6-9-4-2-3-5-11(9)14(8)10/h2-7H,1H3.